The van der Waals surface area contributed by atoms with Gasteiger partial charge in [0.25, 0.3) is 0 Å². The maximum absolute atomic E-state index is 13.4. The number of esters is 1. The Morgan fingerprint density at radius 2 is 1.81 bits per heavy atom. The largest absolute Gasteiger partial charge is 0.462 e. The van der Waals surface area contributed by atoms with Crippen molar-refractivity contribution in [3.05, 3.63) is 0 Å². The third kappa shape index (κ3) is 11.0. The fourth-order valence-electron chi connectivity index (χ4n) is 2.01. The molecule has 0 aromatic heterocycles. The zero-order chi connectivity index (χ0) is 16.3. The quantitative estimate of drug-likeness (QED) is 0.353. The number of rotatable bonds is 12. The van der Waals surface area contributed by atoms with Crippen molar-refractivity contribution in [3.8, 4) is 0 Å². The van der Waals surface area contributed by atoms with Gasteiger partial charge in [-0.1, -0.05) is 33.1 Å². The number of alkyl halides is 2. The van der Waals surface area contributed by atoms with Crippen LogP contribution in [0.1, 0.15) is 72.6 Å². The van der Waals surface area contributed by atoms with Crippen LogP contribution in [0, 0.1) is 0 Å². The number of thioether (sulfide) groups is 1. The number of hydrogen-bond donors (Lipinski definition) is 0. The second-order valence-electron chi connectivity index (χ2n) is 5.70. The SMILES string of the molecule is CCCCC(SCCCC(F)(F)CCC)C(=O)OC(C)C. The van der Waals surface area contributed by atoms with E-state index in [0.717, 1.165) is 19.3 Å². The third-order valence-electron chi connectivity index (χ3n) is 3.06. The molecule has 0 rings (SSSR count). The van der Waals surface area contributed by atoms with Crippen LogP contribution in [0.15, 0.2) is 0 Å². The first-order valence-corrected chi connectivity index (χ1v) is 9.07. The topological polar surface area (TPSA) is 26.3 Å². The van der Waals surface area contributed by atoms with Crippen LogP contribution < -0.4 is 0 Å². The molecular weight excluding hydrogens is 294 g/mol. The smallest absolute Gasteiger partial charge is 0.319 e. The zero-order valence-electron chi connectivity index (χ0n) is 13.8. The number of hydrogen-bond acceptors (Lipinski definition) is 3. The Balaban J connectivity index is 4.14. The average molecular weight is 324 g/mol. The number of carbonyl (C=O) groups excluding carboxylic acids is 1. The van der Waals surface area contributed by atoms with Crippen LogP contribution in [-0.2, 0) is 9.53 Å². The van der Waals surface area contributed by atoms with Gasteiger partial charge in [-0.15, -0.1) is 11.8 Å². The lowest BCUT2D eigenvalue weighted by molar-refractivity contribution is -0.146. The van der Waals surface area contributed by atoms with Crippen molar-refractivity contribution in [2.45, 2.75) is 89.9 Å². The summed E-state index contributed by atoms with van der Waals surface area (Å²) in [4.78, 5) is 12.0. The van der Waals surface area contributed by atoms with Crippen molar-refractivity contribution in [1.29, 1.82) is 0 Å². The van der Waals surface area contributed by atoms with Crippen molar-refractivity contribution >= 4 is 17.7 Å². The summed E-state index contributed by atoms with van der Waals surface area (Å²) in [6.07, 6.45) is 3.40. The summed E-state index contributed by atoms with van der Waals surface area (Å²) in [6.45, 7) is 7.49. The highest BCUT2D eigenvalue weighted by Gasteiger charge is 2.27. The predicted octanol–water partition coefficient (Wildman–Crippen LogP) is 5.45. The summed E-state index contributed by atoms with van der Waals surface area (Å²) in [5.74, 6) is -2.18. The van der Waals surface area contributed by atoms with Gasteiger partial charge < -0.3 is 4.74 Å². The normalized spacial score (nSPS) is 13.5. The van der Waals surface area contributed by atoms with Crippen molar-refractivity contribution in [1.82, 2.24) is 0 Å². The van der Waals surface area contributed by atoms with E-state index in [1.165, 1.54) is 11.8 Å². The minimum absolute atomic E-state index is 0.0493. The second kappa shape index (κ2) is 11.3. The summed E-state index contributed by atoms with van der Waals surface area (Å²) in [6, 6.07) is 0. The first-order valence-electron chi connectivity index (χ1n) is 8.02. The summed E-state index contributed by atoms with van der Waals surface area (Å²) >= 11 is 1.46. The molecule has 126 valence electrons. The van der Waals surface area contributed by atoms with Crippen molar-refractivity contribution in [2.75, 3.05) is 5.75 Å². The van der Waals surface area contributed by atoms with E-state index >= 15 is 0 Å². The molecule has 0 bridgehead atoms. The van der Waals surface area contributed by atoms with Crippen LogP contribution in [0.2, 0.25) is 0 Å². The summed E-state index contributed by atoms with van der Waals surface area (Å²) in [5, 5.41) is -0.216. The molecule has 0 aliphatic carbocycles. The molecule has 0 radical (unpaired) electrons. The standard InChI is InChI=1S/C16H30F2O2S/c1-5-7-9-14(15(19)20-13(3)4)21-12-8-11-16(17,18)10-6-2/h13-14H,5-12H2,1-4H3. The molecule has 0 aromatic rings. The van der Waals surface area contributed by atoms with Gasteiger partial charge in [-0.3, -0.25) is 4.79 Å². The van der Waals surface area contributed by atoms with Crippen LogP contribution in [0.4, 0.5) is 8.78 Å². The highest BCUT2D eigenvalue weighted by atomic mass is 32.2. The van der Waals surface area contributed by atoms with Gasteiger partial charge in [0.05, 0.1) is 6.10 Å². The third-order valence-corrected chi connectivity index (χ3v) is 4.41. The summed E-state index contributed by atoms with van der Waals surface area (Å²) in [5.41, 5.74) is 0. The Hall–Kier alpha value is -0.320. The zero-order valence-corrected chi connectivity index (χ0v) is 14.6. The Kier molecular flexibility index (Phi) is 11.1. The summed E-state index contributed by atoms with van der Waals surface area (Å²) in [7, 11) is 0. The molecule has 0 amide bonds. The Bertz CT molecular complexity index is 283. The van der Waals surface area contributed by atoms with E-state index in [1.807, 2.05) is 13.8 Å². The van der Waals surface area contributed by atoms with Crippen LogP contribution in [0.3, 0.4) is 0 Å². The molecular formula is C16H30F2O2S. The van der Waals surface area contributed by atoms with Crippen LogP contribution in [0.25, 0.3) is 0 Å². The van der Waals surface area contributed by atoms with Gasteiger partial charge in [-0.2, -0.15) is 0 Å². The van der Waals surface area contributed by atoms with E-state index in [4.69, 9.17) is 4.74 Å². The molecule has 0 aliphatic rings. The molecule has 1 atom stereocenters. The fourth-order valence-corrected chi connectivity index (χ4v) is 3.13. The highest BCUT2D eigenvalue weighted by Crippen LogP contribution is 2.28. The van der Waals surface area contributed by atoms with Gasteiger partial charge in [0.15, 0.2) is 0 Å². The van der Waals surface area contributed by atoms with Crippen LogP contribution in [-0.4, -0.2) is 29.0 Å². The predicted molar refractivity (Wildman–Crippen MR) is 86.1 cm³/mol. The van der Waals surface area contributed by atoms with Gasteiger partial charge in [-0.05, 0) is 32.4 Å². The molecule has 0 aromatic carbocycles. The van der Waals surface area contributed by atoms with Crippen LogP contribution in [0.5, 0.6) is 0 Å². The number of unbranched alkanes of at least 4 members (excludes halogenated alkanes) is 1. The lowest BCUT2D eigenvalue weighted by Crippen LogP contribution is -2.24. The van der Waals surface area contributed by atoms with Gasteiger partial charge in [-0.25, -0.2) is 8.78 Å². The molecule has 0 saturated carbocycles. The molecule has 5 heteroatoms. The van der Waals surface area contributed by atoms with E-state index in [-0.39, 0.29) is 30.2 Å². The molecule has 1 unspecified atom stereocenters. The van der Waals surface area contributed by atoms with Crippen molar-refractivity contribution in [2.24, 2.45) is 0 Å². The van der Waals surface area contributed by atoms with Crippen LogP contribution >= 0.6 is 11.8 Å². The first kappa shape index (κ1) is 20.7. The Labute approximate surface area is 132 Å². The van der Waals surface area contributed by atoms with Gasteiger partial charge >= 0.3 is 5.97 Å². The van der Waals surface area contributed by atoms with E-state index in [1.54, 1.807) is 6.92 Å². The molecule has 21 heavy (non-hydrogen) atoms. The minimum atomic E-state index is -2.56. The molecule has 0 N–H and O–H groups in total. The Morgan fingerprint density at radius 3 is 2.33 bits per heavy atom. The first-order chi connectivity index (χ1) is 9.82. The molecule has 2 nitrogen and oxygen atoms in total. The molecule has 0 aliphatic heterocycles. The molecule has 0 heterocycles. The number of halogens is 2. The number of ether oxygens (including phenoxy) is 1. The van der Waals surface area contributed by atoms with Gasteiger partial charge in [0.2, 0.25) is 5.92 Å². The van der Waals surface area contributed by atoms with Gasteiger partial charge in [0.1, 0.15) is 5.25 Å². The van der Waals surface area contributed by atoms with E-state index in [9.17, 15) is 13.6 Å². The van der Waals surface area contributed by atoms with E-state index in [2.05, 4.69) is 6.92 Å². The minimum Gasteiger partial charge on any atom is -0.462 e. The molecule has 0 spiro atoms. The average Bonchev–Trinajstić information content (AvgIpc) is 2.36. The molecule has 0 fully saturated rings. The van der Waals surface area contributed by atoms with E-state index in [0.29, 0.717) is 18.6 Å². The summed E-state index contributed by atoms with van der Waals surface area (Å²) < 4.78 is 32.0. The second-order valence-corrected chi connectivity index (χ2v) is 7.01. The highest BCUT2D eigenvalue weighted by molar-refractivity contribution is 8.00. The van der Waals surface area contributed by atoms with Crippen molar-refractivity contribution < 1.29 is 18.3 Å². The lowest BCUT2D eigenvalue weighted by Gasteiger charge is -2.18. The maximum Gasteiger partial charge on any atom is 0.319 e. The fraction of sp³-hybridized carbons (Fsp3) is 0.938. The van der Waals surface area contributed by atoms with E-state index < -0.39 is 5.92 Å². The monoisotopic (exact) mass is 324 g/mol. The lowest BCUT2D eigenvalue weighted by atomic mass is 10.1. The maximum atomic E-state index is 13.4. The van der Waals surface area contributed by atoms with Crippen molar-refractivity contribution in [3.63, 3.8) is 0 Å². The van der Waals surface area contributed by atoms with Gasteiger partial charge in [0, 0.05) is 12.8 Å². The Morgan fingerprint density at radius 1 is 1.14 bits per heavy atom. The number of carbonyl (C=O) groups is 1. The molecule has 0 saturated heterocycles.